The van der Waals surface area contributed by atoms with Crippen LogP contribution >= 0.6 is 0 Å². The van der Waals surface area contributed by atoms with Gasteiger partial charge in [-0.2, -0.15) is 0 Å². The van der Waals surface area contributed by atoms with Crippen LogP contribution in [0.3, 0.4) is 0 Å². The van der Waals surface area contributed by atoms with Gasteiger partial charge in [-0.3, -0.25) is 4.79 Å². The van der Waals surface area contributed by atoms with Crippen LogP contribution in [-0.2, 0) is 4.79 Å². The molecule has 1 amide bonds. The number of nitrogens with one attached hydrogen (secondary N) is 1. The highest BCUT2D eigenvalue weighted by atomic mass is 16.1. The first-order valence-electron chi connectivity index (χ1n) is 10.7. The van der Waals surface area contributed by atoms with Gasteiger partial charge < -0.3 is 10.2 Å². The van der Waals surface area contributed by atoms with Crippen molar-refractivity contribution in [2.24, 2.45) is 0 Å². The fraction of sp³-hybridized carbons (Fsp3) is 0.952. The maximum absolute atomic E-state index is 11.9. The fourth-order valence-electron chi connectivity index (χ4n) is 3.18. The highest BCUT2D eigenvalue weighted by Gasteiger charge is 2.08. The number of nitrogens with zero attached hydrogens (tertiary/aromatic N) is 1. The molecule has 0 aromatic carbocycles. The molecule has 1 atom stereocenters. The summed E-state index contributed by atoms with van der Waals surface area (Å²) in [5.41, 5.74) is 0. The van der Waals surface area contributed by atoms with E-state index in [-0.39, 0.29) is 5.91 Å². The van der Waals surface area contributed by atoms with Crippen molar-refractivity contribution < 1.29 is 4.79 Å². The lowest BCUT2D eigenvalue weighted by molar-refractivity contribution is -0.121. The number of hydrogen-bond donors (Lipinski definition) is 1. The summed E-state index contributed by atoms with van der Waals surface area (Å²) in [6.45, 7) is 12.2. The molecule has 0 aliphatic carbocycles. The van der Waals surface area contributed by atoms with Gasteiger partial charge in [0.15, 0.2) is 0 Å². The Morgan fingerprint density at radius 2 is 1.38 bits per heavy atom. The Hall–Kier alpha value is -0.570. The molecular formula is C21H44N2O. The van der Waals surface area contributed by atoms with E-state index in [1.165, 1.54) is 57.8 Å². The van der Waals surface area contributed by atoms with E-state index in [0.29, 0.717) is 12.5 Å². The highest BCUT2D eigenvalue weighted by molar-refractivity contribution is 5.76. The van der Waals surface area contributed by atoms with Crippen LogP contribution in [0.2, 0.25) is 0 Å². The van der Waals surface area contributed by atoms with E-state index in [2.05, 4.69) is 37.9 Å². The van der Waals surface area contributed by atoms with E-state index >= 15 is 0 Å². The Morgan fingerprint density at radius 1 is 0.833 bits per heavy atom. The molecule has 0 aliphatic rings. The van der Waals surface area contributed by atoms with Crippen molar-refractivity contribution in [2.45, 2.75) is 111 Å². The summed E-state index contributed by atoms with van der Waals surface area (Å²) in [6.07, 6.45) is 14.7. The predicted octanol–water partition coefficient (Wildman–Crippen LogP) is 5.53. The minimum atomic E-state index is 0.244. The molecule has 0 fully saturated rings. The second kappa shape index (κ2) is 17.3. The van der Waals surface area contributed by atoms with Gasteiger partial charge in [-0.1, -0.05) is 72.1 Å². The van der Waals surface area contributed by atoms with Crippen LogP contribution in [0.4, 0.5) is 0 Å². The summed E-state index contributed by atoms with van der Waals surface area (Å²) >= 11 is 0. The van der Waals surface area contributed by atoms with Crippen molar-refractivity contribution in [3.63, 3.8) is 0 Å². The Labute approximate surface area is 152 Å². The lowest BCUT2D eigenvalue weighted by Gasteiger charge is -2.19. The van der Waals surface area contributed by atoms with E-state index in [9.17, 15) is 4.79 Å². The van der Waals surface area contributed by atoms with Crippen molar-refractivity contribution in [2.75, 3.05) is 19.6 Å². The van der Waals surface area contributed by atoms with Crippen molar-refractivity contribution in [3.05, 3.63) is 0 Å². The molecule has 144 valence electrons. The first-order chi connectivity index (χ1) is 11.6. The topological polar surface area (TPSA) is 32.3 Å². The molecule has 24 heavy (non-hydrogen) atoms. The Bertz CT molecular complexity index is 277. The van der Waals surface area contributed by atoms with Gasteiger partial charge in [-0.15, -0.1) is 0 Å². The SMILES string of the molecule is CCCCCCCCCCCC(=O)N[C@H](C)CCCN(CC)CC. The summed E-state index contributed by atoms with van der Waals surface area (Å²) in [5, 5.41) is 3.16. The van der Waals surface area contributed by atoms with Crippen molar-refractivity contribution >= 4 is 5.91 Å². The Morgan fingerprint density at radius 3 is 1.92 bits per heavy atom. The van der Waals surface area contributed by atoms with Crippen LogP contribution in [0.1, 0.15) is 105 Å². The summed E-state index contributed by atoms with van der Waals surface area (Å²) in [7, 11) is 0. The van der Waals surface area contributed by atoms with Gasteiger partial charge in [0.05, 0.1) is 0 Å². The number of unbranched alkanes of at least 4 members (excludes halogenated alkanes) is 8. The number of rotatable bonds is 17. The number of hydrogen-bond acceptors (Lipinski definition) is 2. The Balaban J connectivity index is 3.44. The van der Waals surface area contributed by atoms with Gasteiger partial charge in [0.2, 0.25) is 5.91 Å². The van der Waals surface area contributed by atoms with Crippen molar-refractivity contribution in [1.82, 2.24) is 10.2 Å². The number of carbonyl (C=O) groups excluding carboxylic acids is 1. The molecule has 1 N–H and O–H groups in total. The molecule has 3 heteroatoms. The van der Waals surface area contributed by atoms with Gasteiger partial charge in [0.1, 0.15) is 0 Å². The molecule has 0 saturated carbocycles. The maximum atomic E-state index is 11.9. The first kappa shape index (κ1) is 23.4. The van der Waals surface area contributed by atoms with Crippen LogP contribution < -0.4 is 5.32 Å². The van der Waals surface area contributed by atoms with Gasteiger partial charge in [-0.25, -0.2) is 0 Å². The third kappa shape index (κ3) is 15.0. The summed E-state index contributed by atoms with van der Waals surface area (Å²) in [6, 6.07) is 0.312. The monoisotopic (exact) mass is 340 g/mol. The molecule has 0 heterocycles. The standard InChI is InChI=1S/C21H44N2O/c1-5-8-9-10-11-12-13-14-15-18-21(24)22-20(4)17-16-19-23(6-2)7-3/h20H,5-19H2,1-4H3,(H,22,24)/t20-/m1/s1. The molecule has 0 unspecified atom stereocenters. The van der Waals surface area contributed by atoms with E-state index in [1.807, 2.05) is 0 Å². The van der Waals surface area contributed by atoms with Crippen molar-refractivity contribution in [3.8, 4) is 0 Å². The van der Waals surface area contributed by atoms with E-state index in [4.69, 9.17) is 0 Å². The van der Waals surface area contributed by atoms with E-state index in [1.54, 1.807) is 0 Å². The molecule has 0 aromatic heterocycles. The molecule has 0 spiro atoms. The average Bonchev–Trinajstić information content (AvgIpc) is 2.57. The molecule has 0 aliphatic heterocycles. The molecule has 0 rings (SSSR count). The third-order valence-electron chi connectivity index (χ3n) is 4.92. The van der Waals surface area contributed by atoms with Crippen LogP contribution in [0, 0.1) is 0 Å². The second-order valence-corrected chi connectivity index (χ2v) is 7.22. The molecule has 0 saturated heterocycles. The lowest BCUT2D eigenvalue weighted by Crippen LogP contribution is -2.33. The average molecular weight is 341 g/mol. The lowest BCUT2D eigenvalue weighted by atomic mass is 10.1. The third-order valence-corrected chi connectivity index (χ3v) is 4.92. The highest BCUT2D eigenvalue weighted by Crippen LogP contribution is 2.10. The van der Waals surface area contributed by atoms with Crippen LogP contribution in [0.5, 0.6) is 0 Å². The second-order valence-electron chi connectivity index (χ2n) is 7.22. The zero-order chi connectivity index (χ0) is 18.0. The fourth-order valence-corrected chi connectivity index (χ4v) is 3.18. The summed E-state index contributed by atoms with van der Waals surface area (Å²) in [4.78, 5) is 14.4. The van der Waals surface area contributed by atoms with E-state index < -0.39 is 0 Å². The maximum Gasteiger partial charge on any atom is 0.220 e. The molecule has 0 radical (unpaired) electrons. The summed E-state index contributed by atoms with van der Waals surface area (Å²) < 4.78 is 0. The normalized spacial score (nSPS) is 12.5. The predicted molar refractivity (Wildman–Crippen MR) is 106 cm³/mol. The number of carbonyl (C=O) groups is 1. The molecule has 0 aromatic rings. The minimum absolute atomic E-state index is 0.244. The zero-order valence-corrected chi connectivity index (χ0v) is 17.0. The zero-order valence-electron chi connectivity index (χ0n) is 17.0. The van der Waals surface area contributed by atoms with Crippen molar-refractivity contribution in [1.29, 1.82) is 0 Å². The molecule has 3 nitrogen and oxygen atoms in total. The van der Waals surface area contributed by atoms with Crippen LogP contribution in [0.25, 0.3) is 0 Å². The van der Waals surface area contributed by atoms with Gasteiger partial charge >= 0.3 is 0 Å². The van der Waals surface area contributed by atoms with Gasteiger partial charge in [0, 0.05) is 12.5 Å². The number of amides is 1. The molecular weight excluding hydrogens is 296 g/mol. The van der Waals surface area contributed by atoms with Gasteiger partial charge in [-0.05, 0) is 45.8 Å². The Kier molecular flexibility index (Phi) is 16.8. The molecule has 0 bridgehead atoms. The quantitative estimate of drug-likeness (QED) is 0.353. The van der Waals surface area contributed by atoms with Gasteiger partial charge in [0.25, 0.3) is 0 Å². The summed E-state index contributed by atoms with van der Waals surface area (Å²) in [5.74, 6) is 0.244. The largest absolute Gasteiger partial charge is 0.354 e. The minimum Gasteiger partial charge on any atom is -0.354 e. The van der Waals surface area contributed by atoms with Crippen LogP contribution in [0.15, 0.2) is 0 Å². The van der Waals surface area contributed by atoms with E-state index in [0.717, 1.165) is 32.5 Å². The smallest absolute Gasteiger partial charge is 0.220 e. The van der Waals surface area contributed by atoms with Crippen LogP contribution in [-0.4, -0.2) is 36.5 Å². The first-order valence-corrected chi connectivity index (χ1v) is 10.7.